The zero-order valence-corrected chi connectivity index (χ0v) is 9.90. The SMILES string of the molecule is OCCNc1nccc(Nc2ccc(F)c(F)c2)n1. The first-order valence-corrected chi connectivity index (χ1v) is 5.59. The second-order valence-corrected chi connectivity index (χ2v) is 3.67. The quantitative estimate of drug-likeness (QED) is 0.771. The van der Waals surface area contributed by atoms with Crippen molar-refractivity contribution in [2.24, 2.45) is 0 Å². The lowest BCUT2D eigenvalue weighted by Crippen LogP contribution is -2.09. The third-order valence-electron chi connectivity index (χ3n) is 2.24. The summed E-state index contributed by atoms with van der Waals surface area (Å²) in [5.41, 5.74) is 0.380. The van der Waals surface area contributed by atoms with E-state index < -0.39 is 11.6 Å². The van der Waals surface area contributed by atoms with Crippen LogP contribution in [0.15, 0.2) is 30.5 Å². The van der Waals surface area contributed by atoms with Gasteiger partial charge in [-0.1, -0.05) is 0 Å². The van der Waals surface area contributed by atoms with E-state index >= 15 is 0 Å². The van der Waals surface area contributed by atoms with Gasteiger partial charge in [0.2, 0.25) is 5.95 Å². The molecule has 0 amide bonds. The van der Waals surface area contributed by atoms with Crippen LogP contribution in [0.2, 0.25) is 0 Å². The Labute approximate surface area is 108 Å². The van der Waals surface area contributed by atoms with E-state index in [1.807, 2.05) is 0 Å². The number of hydrogen-bond donors (Lipinski definition) is 3. The van der Waals surface area contributed by atoms with E-state index in [4.69, 9.17) is 5.11 Å². The van der Waals surface area contributed by atoms with Crippen molar-refractivity contribution in [2.75, 3.05) is 23.8 Å². The molecule has 7 heteroatoms. The lowest BCUT2D eigenvalue weighted by Gasteiger charge is -2.08. The van der Waals surface area contributed by atoms with Crippen molar-refractivity contribution in [2.45, 2.75) is 0 Å². The predicted octanol–water partition coefficient (Wildman–Crippen LogP) is 1.90. The summed E-state index contributed by atoms with van der Waals surface area (Å²) < 4.78 is 25.8. The molecule has 0 radical (unpaired) electrons. The molecule has 1 heterocycles. The highest BCUT2D eigenvalue weighted by Gasteiger charge is 2.04. The Bertz CT molecular complexity index is 565. The highest BCUT2D eigenvalue weighted by Crippen LogP contribution is 2.17. The molecule has 100 valence electrons. The molecule has 3 N–H and O–H groups in total. The van der Waals surface area contributed by atoms with Gasteiger partial charge in [0.1, 0.15) is 5.82 Å². The summed E-state index contributed by atoms with van der Waals surface area (Å²) >= 11 is 0. The van der Waals surface area contributed by atoms with Crippen LogP contribution in [0.1, 0.15) is 0 Å². The Hall–Kier alpha value is -2.28. The summed E-state index contributed by atoms with van der Waals surface area (Å²) in [7, 11) is 0. The lowest BCUT2D eigenvalue weighted by atomic mass is 10.3. The summed E-state index contributed by atoms with van der Waals surface area (Å²) in [6.07, 6.45) is 1.51. The molecule has 0 aliphatic carbocycles. The van der Waals surface area contributed by atoms with E-state index in [-0.39, 0.29) is 6.61 Å². The molecule has 2 rings (SSSR count). The van der Waals surface area contributed by atoms with Crippen molar-refractivity contribution in [1.29, 1.82) is 0 Å². The van der Waals surface area contributed by atoms with Crippen molar-refractivity contribution in [3.63, 3.8) is 0 Å². The van der Waals surface area contributed by atoms with Crippen molar-refractivity contribution in [3.05, 3.63) is 42.1 Å². The van der Waals surface area contributed by atoms with Gasteiger partial charge in [-0.2, -0.15) is 4.98 Å². The number of benzene rings is 1. The molecule has 0 bridgehead atoms. The van der Waals surface area contributed by atoms with Gasteiger partial charge in [0, 0.05) is 24.5 Å². The first-order valence-electron chi connectivity index (χ1n) is 5.59. The molecule has 0 saturated carbocycles. The van der Waals surface area contributed by atoms with Crippen LogP contribution in [0.25, 0.3) is 0 Å². The molecule has 0 spiro atoms. The second-order valence-electron chi connectivity index (χ2n) is 3.67. The van der Waals surface area contributed by atoms with Crippen LogP contribution in [0.3, 0.4) is 0 Å². The number of rotatable bonds is 5. The Kier molecular flexibility index (Phi) is 4.19. The predicted molar refractivity (Wildman–Crippen MR) is 67.2 cm³/mol. The summed E-state index contributed by atoms with van der Waals surface area (Å²) in [6.45, 7) is 0.290. The van der Waals surface area contributed by atoms with Gasteiger partial charge >= 0.3 is 0 Å². The lowest BCUT2D eigenvalue weighted by molar-refractivity contribution is 0.311. The fourth-order valence-corrected chi connectivity index (χ4v) is 1.40. The third-order valence-corrected chi connectivity index (χ3v) is 2.24. The Morgan fingerprint density at radius 3 is 2.74 bits per heavy atom. The average Bonchev–Trinajstić information content (AvgIpc) is 2.41. The van der Waals surface area contributed by atoms with Crippen LogP contribution in [0.5, 0.6) is 0 Å². The van der Waals surface area contributed by atoms with Crippen LogP contribution in [0, 0.1) is 11.6 Å². The number of aromatic nitrogens is 2. The van der Waals surface area contributed by atoms with Crippen molar-refractivity contribution in [3.8, 4) is 0 Å². The molecular formula is C12H12F2N4O. The van der Waals surface area contributed by atoms with E-state index in [9.17, 15) is 8.78 Å². The number of hydrogen-bond acceptors (Lipinski definition) is 5. The van der Waals surface area contributed by atoms with Gasteiger partial charge in [0.15, 0.2) is 11.6 Å². The first kappa shape index (κ1) is 13.2. The molecule has 1 aromatic carbocycles. The monoisotopic (exact) mass is 266 g/mol. The molecule has 0 aliphatic heterocycles. The van der Waals surface area contributed by atoms with Crippen LogP contribution in [-0.4, -0.2) is 28.2 Å². The number of halogens is 2. The second kappa shape index (κ2) is 6.05. The smallest absolute Gasteiger partial charge is 0.224 e. The van der Waals surface area contributed by atoms with Crippen LogP contribution < -0.4 is 10.6 Å². The van der Waals surface area contributed by atoms with E-state index in [2.05, 4.69) is 20.6 Å². The number of aliphatic hydroxyl groups is 1. The fourth-order valence-electron chi connectivity index (χ4n) is 1.40. The highest BCUT2D eigenvalue weighted by atomic mass is 19.2. The summed E-state index contributed by atoms with van der Waals surface area (Å²) in [5, 5.41) is 14.3. The summed E-state index contributed by atoms with van der Waals surface area (Å²) in [4.78, 5) is 8.04. The maximum Gasteiger partial charge on any atom is 0.224 e. The van der Waals surface area contributed by atoms with Crippen molar-refractivity contribution < 1.29 is 13.9 Å². The van der Waals surface area contributed by atoms with E-state index in [1.165, 1.54) is 12.3 Å². The molecule has 0 fully saturated rings. The van der Waals surface area contributed by atoms with Gasteiger partial charge < -0.3 is 15.7 Å². The van der Waals surface area contributed by atoms with Gasteiger partial charge in [-0.25, -0.2) is 13.8 Å². The Morgan fingerprint density at radius 2 is 2.00 bits per heavy atom. The van der Waals surface area contributed by atoms with Gasteiger partial charge in [0.25, 0.3) is 0 Å². The standard InChI is InChI=1S/C12H12F2N4O/c13-9-2-1-8(7-10(9)14)17-11-3-4-15-12(18-11)16-5-6-19/h1-4,7,19H,5-6H2,(H2,15,16,17,18). The molecule has 2 aromatic rings. The number of anilines is 3. The first-order chi connectivity index (χ1) is 9.19. The van der Waals surface area contributed by atoms with Crippen LogP contribution in [-0.2, 0) is 0 Å². The van der Waals surface area contributed by atoms with Gasteiger partial charge in [-0.3, -0.25) is 0 Å². The Morgan fingerprint density at radius 1 is 1.16 bits per heavy atom. The molecule has 0 aliphatic rings. The molecule has 19 heavy (non-hydrogen) atoms. The Balaban J connectivity index is 2.11. The number of aliphatic hydroxyl groups excluding tert-OH is 1. The molecule has 5 nitrogen and oxygen atoms in total. The average molecular weight is 266 g/mol. The minimum atomic E-state index is -0.933. The van der Waals surface area contributed by atoms with Crippen molar-refractivity contribution in [1.82, 2.24) is 9.97 Å². The minimum Gasteiger partial charge on any atom is -0.395 e. The molecule has 1 aromatic heterocycles. The van der Waals surface area contributed by atoms with Crippen LogP contribution in [0.4, 0.5) is 26.2 Å². The topological polar surface area (TPSA) is 70.1 Å². The van der Waals surface area contributed by atoms with E-state index in [0.717, 1.165) is 12.1 Å². The van der Waals surface area contributed by atoms with E-state index in [0.29, 0.717) is 24.0 Å². The molecule has 0 saturated heterocycles. The van der Waals surface area contributed by atoms with Crippen LogP contribution >= 0.6 is 0 Å². The highest BCUT2D eigenvalue weighted by molar-refractivity contribution is 5.56. The molecular weight excluding hydrogens is 254 g/mol. The third kappa shape index (κ3) is 3.59. The van der Waals surface area contributed by atoms with E-state index in [1.54, 1.807) is 6.07 Å². The molecule has 0 atom stereocenters. The fraction of sp³-hybridized carbons (Fsp3) is 0.167. The van der Waals surface area contributed by atoms with Gasteiger partial charge in [-0.05, 0) is 18.2 Å². The largest absolute Gasteiger partial charge is 0.395 e. The zero-order chi connectivity index (χ0) is 13.7. The number of nitrogens with zero attached hydrogens (tertiary/aromatic N) is 2. The maximum absolute atomic E-state index is 13.0. The van der Waals surface area contributed by atoms with Crippen molar-refractivity contribution >= 4 is 17.5 Å². The maximum atomic E-state index is 13.0. The molecule has 0 unspecified atom stereocenters. The summed E-state index contributed by atoms with van der Waals surface area (Å²) in [6, 6.07) is 5.06. The zero-order valence-electron chi connectivity index (χ0n) is 9.90. The number of nitrogens with one attached hydrogen (secondary N) is 2. The summed E-state index contributed by atoms with van der Waals surface area (Å²) in [5.74, 6) is -1.07. The van der Waals surface area contributed by atoms with Gasteiger partial charge in [-0.15, -0.1) is 0 Å². The normalized spacial score (nSPS) is 10.3. The minimum absolute atomic E-state index is 0.0375. The van der Waals surface area contributed by atoms with Gasteiger partial charge in [0.05, 0.1) is 6.61 Å².